The van der Waals surface area contributed by atoms with E-state index in [1.807, 2.05) is 0 Å². The second-order valence-electron chi connectivity index (χ2n) is 2.87. The molecule has 0 saturated carbocycles. The first-order valence-corrected chi connectivity index (χ1v) is 5.78. The standard InChI is InChI=1S/C9H5Cl2IN2O/c10-5-1-4(2-6(11)3-5)8-7(12)9(13)14-15-8/h1-3H,(H2,13,14). The zero-order valence-corrected chi connectivity index (χ0v) is 11.0. The highest BCUT2D eigenvalue weighted by Gasteiger charge is 2.13. The van der Waals surface area contributed by atoms with Gasteiger partial charge in [-0.3, -0.25) is 0 Å². The SMILES string of the molecule is Nc1noc(-c2cc(Cl)cc(Cl)c2)c1I. The average Bonchev–Trinajstić information content (AvgIpc) is 2.46. The van der Waals surface area contributed by atoms with E-state index in [2.05, 4.69) is 27.7 Å². The fraction of sp³-hybridized carbons (Fsp3) is 0. The van der Waals surface area contributed by atoms with Crippen LogP contribution >= 0.6 is 45.8 Å². The summed E-state index contributed by atoms with van der Waals surface area (Å²) in [6.45, 7) is 0. The van der Waals surface area contributed by atoms with Crippen molar-refractivity contribution in [3.63, 3.8) is 0 Å². The summed E-state index contributed by atoms with van der Waals surface area (Å²) in [5.74, 6) is 0.944. The number of nitrogens with two attached hydrogens (primary N) is 1. The second kappa shape index (κ2) is 4.19. The van der Waals surface area contributed by atoms with E-state index in [4.69, 9.17) is 33.5 Å². The van der Waals surface area contributed by atoms with E-state index in [0.717, 1.165) is 9.13 Å². The van der Waals surface area contributed by atoms with Gasteiger partial charge >= 0.3 is 0 Å². The Kier molecular flexibility index (Phi) is 3.08. The molecule has 0 aliphatic carbocycles. The van der Waals surface area contributed by atoms with Gasteiger partial charge in [0.2, 0.25) is 0 Å². The monoisotopic (exact) mass is 354 g/mol. The molecule has 1 heterocycles. The molecule has 0 radical (unpaired) electrons. The Morgan fingerprint density at radius 3 is 2.27 bits per heavy atom. The lowest BCUT2D eigenvalue weighted by atomic mass is 10.2. The number of hydrogen-bond donors (Lipinski definition) is 1. The van der Waals surface area contributed by atoms with Crippen molar-refractivity contribution in [3.05, 3.63) is 31.8 Å². The van der Waals surface area contributed by atoms with Gasteiger partial charge in [0.25, 0.3) is 0 Å². The molecule has 6 heteroatoms. The molecule has 0 fully saturated rings. The van der Waals surface area contributed by atoms with E-state index in [-0.39, 0.29) is 0 Å². The maximum atomic E-state index is 5.88. The average molecular weight is 355 g/mol. The molecule has 15 heavy (non-hydrogen) atoms. The number of nitrogen functional groups attached to an aromatic ring is 1. The summed E-state index contributed by atoms with van der Waals surface area (Å²) in [5.41, 5.74) is 6.34. The molecular weight excluding hydrogens is 350 g/mol. The zero-order valence-electron chi connectivity index (χ0n) is 7.30. The van der Waals surface area contributed by atoms with Crippen LogP contribution in [0.25, 0.3) is 11.3 Å². The maximum absolute atomic E-state index is 5.88. The maximum Gasteiger partial charge on any atom is 0.182 e. The van der Waals surface area contributed by atoms with E-state index < -0.39 is 0 Å². The van der Waals surface area contributed by atoms with Crippen molar-refractivity contribution >= 4 is 51.6 Å². The molecular formula is C9H5Cl2IN2O. The number of halogens is 3. The van der Waals surface area contributed by atoms with Crippen molar-refractivity contribution in [1.82, 2.24) is 5.16 Å². The number of benzene rings is 1. The van der Waals surface area contributed by atoms with E-state index >= 15 is 0 Å². The minimum Gasteiger partial charge on any atom is -0.380 e. The summed E-state index contributed by atoms with van der Waals surface area (Å²) in [6.07, 6.45) is 0. The Bertz CT molecular complexity index is 493. The third-order valence-electron chi connectivity index (χ3n) is 1.78. The minimum atomic E-state index is 0.363. The topological polar surface area (TPSA) is 52.0 Å². The first-order valence-electron chi connectivity index (χ1n) is 3.95. The fourth-order valence-corrected chi connectivity index (χ4v) is 2.19. The molecule has 0 atom stereocenters. The van der Waals surface area contributed by atoms with Gasteiger partial charge in [-0.2, -0.15) is 0 Å². The van der Waals surface area contributed by atoms with Crippen LogP contribution in [0.5, 0.6) is 0 Å². The van der Waals surface area contributed by atoms with Crippen LogP contribution < -0.4 is 5.73 Å². The first kappa shape index (κ1) is 11.0. The van der Waals surface area contributed by atoms with Crippen LogP contribution in [0, 0.1) is 3.57 Å². The van der Waals surface area contributed by atoms with E-state index in [1.165, 1.54) is 0 Å². The fourth-order valence-electron chi connectivity index (χ4n) is 1.16. The van der Waals surface area contributed by atoms with Crippen molar-refractivity contribution in [2.75, 3.05) is 5.73 Å². The van der Waals surface area contributed by atoms with Crippen molar-refractivity contribution in [2.45, 2.75) is 0 Å². The second-order valence-corrected chi connectivity index (χ2v) is 4.82. The van der Waals surface area contributed by atoms with Gasteiger partial charge in [0.1, 0.15) is 3.57 Å². The molecule has 1 aromatic heterocycles. The predicted molar refractivity (Wildman–Crippen MR) is 69.1 cm³/mol. The molecule has 78 valence electrons. The summed E-state index contributed by atoms with van der Waals surface area (Å²) >= 11 is 13.8. The van der Waals surface area contributed by atoms with Crippen LogP contribution in [0.3, 0.4) is 0 Å². The van der Waals surface area contributed by atoms with Gasteiger partial charge < -0.3 is 10.3 Å². The number of rotatable bonds is 1. The summed E-state index contributed by atoms with van der Waals surface area (Å²) in [4.78, 5) is 0. The van der Waals surface area contributed by atoms with Gasteiger partial charge in [-0.25, -0.2) is 0 Å². The molecule has 0 unspecified atom stereocenters. The highest BCUT2D eigenvalue weighted by Crippen LogP contribution is 2.32. The predicted octanol–water partition coefficient (Wildman–Crippen LogP) is 3.84. The molecule has 2 rings (SSSR count). The van der Waals surface area contributed by atoms with E-state index in [9.17, 15) is 0 Å². The van der Waals surface area contributed by atoms with E-state index in [0.29, 0.717) is 21.6 Å². The van der Waals surface area contributed by atoms with Crippen molar-refractivity contribution < 1.29 is 4.52 Å². The van der Waals surface area contributed by atoms with E-state index in [1.54, 1.807) is 18.2 Å². The molecule has 3 nitrogen and oxygen atoms in total. The Balaban J connectivity index is 2.58. The van der Waals surface area contributed by atoms with Gasteiger partial charge in [0, 0.05) is 15.6 Å². The highest BCUT2D eigenvalue weighted by atomic mass is 127. The molecule has 2 N–H and O–H groups in total. The van der Waals surface area contributed by atoms with Gasteiger partial charge in [-0.05, 0) is 40.8 Å². The Hall–Kier alpha value is -0.460. The Morgan fingerprint density at radius 1 is 1.20 bits per heavy atom. The molecule has 0 bridgehead atoms. The smallest absolute Gasteiger partial charge is 0.182 e. The van der Waals surface area contributed by atoms with Gasteiger partial charge in [-0.15, -0.1) is 0 Å². The van der Waals surface area contributed by atoms with Gasteiger partial charge in [0.05, 0.1) is 0 Å². The highest BCUT2D eigenvalue weighted by molar-refractivity contribution is 14.1. The normalized spacial score (nSPS) is 10.6. The summed E-state index contributed by atoms with van der Waals surface area (Å²) < 4.78 is 5.85. The van der Waals surface area contributed by atoms with Crippen LogP contribution in [-0.2, 0) is 0 Å². The lowest BCUT2D eigenvalue weighted by molar-refractivity contribution is 0.435. The largest absolute Gasteiger partial charge is 0.380 e. The third kappa shape index (κ3) is 2.21. The van der Waals surface area contributed by atoms with Crippen LogP contribution in [0.2, 0.25) is 10.0 Å². The van der Waals surface area contributed by atoms with Crippen molar-refractivity contribution in [2.24, 2.45) is 0 Å². The van der Waals surface area contributed by atoms with Crippen LogP contribution in [0.1, 0.15) is 0 Å². The van der Waals surface area contributed by atoms with Crippen molar-refractivity contribution in [1.29, 1.82) is 0 Å². The lowest BCUT2D eigenvalue weighted by Crippen LogP contribution is -1.86. The zero-order chi connectivity index (χ0) is 11.0. The van der Waals surface area contributed by atoms with Crippen LogP contribution in [-0.4, -0.2) is 5.16 Å². The number of hydrogen-bond acceptors (Lipinski definition) is 3. The molecule has 0 spiro atoms. The van der Waals surface area contributed by atoms with Crippen LogP contribution in [0.15, 0.2) is 22.7 Å². The lowest BCUT2D eigenvalue weighted by Gasteiger charge is -1.99. The van der Waals surface area contributed by atoms with Gasteiger partial charge in [-0.1, -0.05) is 28.4 Å². The molecule has 2 aromatic rings. The molecule has 0 aliphatic rings. The first-order chi connectivity index (χ1) is 7.08. The summed E-state index contributed by atoms with van der Waals surface area (Å²) in [6, 6.07) is 5.14. The quantitative estimate of drug-likeness (QED) is 0.791. The van der Waals surface area contributed by atoms with Crippen molar-refractivity contribution in [3.8, 4) is 11.3 Å². The number of anilines is 1. The number of aromatic nitrogens is 1. The summed E-state index contributed by atoms with van der Waals surface area (Å²) in [5, 5.41) is 4.75. The third-order valence-corrected chi connectivity index (χ3v) is 3.26. The Labute approximate surface area is 110 Å². The number of nitrogens with zero attached hydrogens (tertiary/aromatic N) is 1. The molecule has 1 aromatic carbocycles. The molecule has 0 saturated heterocycles. The molecule has 0 amide bonds. The van der Waals surface area contributed by atoms with Crippen LogP contribution in [0.4, 0.5) is 5.82 Å². The summed E-state index contributed by atoms with van der Waals surface area (Å²) in [7, 11) is 0. The van der Waals surface area contributed by atoms with Gasteiger partial charge in [0.15, 0.2) is 11.6 Å². The molecule has 0 aliphatic heterocycles. The minimum absolute atomic E-state index is 0.363. The Morgan fingerprint density at radius 2 is 1.80 bits per heavy atom.